The van der Waals surface area contributed by atoms with E-state index in [1.807, 2.05) is 0 Å². The highest BCUT2D eigenvalue weighted by Crippen LogP contribution is 2.05. The normalized spacial score (nSPS) is 10.5. The van der Waals surface area contributed by atoms with Gasteiger partial charge in [-0.05, 0) is 31.6 Å². The Morgan fingerprint density at radius 1 is 1.42 bits per heavy atom. The van der Waals surface area contributed by atoms with Crippen LogP contribution in [0.15, 0.2) is 4.79 Å². The van der Waals surface area contributed by atoms with E-state index in [9.17, 15) is 9.59 Å². The van der Waals surface area contributed by atoms with E-state index < -0.39 is 5.56 Å². The molecule has 0 aliphatic heterocycles. The van der Waals surface area contributed by atoms with Gasteiger partial charge in [0.25, 0.3) is 11.5 Å². The van der Waals surface area contributed by atoms with Gasteiger partial charge in [0.05, 0.1) is 5.69 Å². The molecule has 106 valence electrons. The summed E-state index contributed by atoms with van der Waals surface area (Å²) in [6.07, 6.45) is 0.751. The van der Waals surface area contributed by atoms with E-state index in [1.54, 1.807) is 25.6 Å². The fourth-order valence-electron chi connectivity index (χ4n) is 1.49. The number of aromatic nitrogens is 2. The first-order chi connectivity index (χ1) is 9.07. The van der Waals surface area contributed by atoms with E-state index in [-0.39, 0.29) is 18.1 Å². The van der Waals surface area contributed by atoms with Gasteiger partial charge in [-0.3, -0.25) is 9.59 Å². The fraction of sp³-hybridized carbons (Fsp3) is 0.583. The van der Waals surface area contributed by atoms with Crippen molar-refractivity contribution in [3.05, 3.63) is 27.2 Å². The van der Waals surface area contributed by atoms with Crippen LogP contribution in [-0.2, 0) is 0 Å². The molecule has 0 atom stereocenters. The smallest absolute Gasteiger partial charge is 0.277 e. The number of H-pyrrole nitrogens is 1. The largest absolute Gasteiger partial charge is 0.396 e. The summed E-state index contributed by atoms with van der Waals surface area (Å²) >= 11 is 1.65. The maximum atomic E-state index is 11.9. The molecule has 0 saturated carbocycles. The second-order valence-electron chi connectivity index (χ2n) is 4.08. The molecule has 6 nitrogen and oxygen atoms in total. The molecule has 19 heavy (non-hydrogen) atoms. The molecule has 0 aliphatic rings. The third kappa shape index (κ3) is 4.68. The minimum absolute atomic E-state index is 0.132. The summed E-state index contributed by atoms with van der Waals surface area (Å²) in [6.45, 7) is 4.13. The molecule has 1 aromatic rings. The maximum absolute atomic E-state index is 11.9. The van der Waals surface area contributed by atoms with E-state index in [4.69, 9.17) is 5.11 Å². The average Bonchev–Trinajstić information content (AvgIpc) is 2.38. The minimum Gasteiger partial charge on any atom is -0.396 e. The van der Waals surface area contributed by atoms with Gasteiger partial charge in [0, 0.05) is 18.9 Å². The second-order valence-corrected chi connectivity index (χ2v) is 5.31. The zero-order valence-corrected chi connectivity index (χ0v) is 12.0. The molecule has 0 unspecified atom stereocenters. The summed E-state index contributed by atoms with van der Waals surface area (Å²) in [4.78, 5) is 23.5. The molecule has 0 spiro atoms. The summed E-state index contributed by atoms with van der Waals surface area (Å²) < 4.78 is 0. The van der Waals surface area contributed by atoms with Crippen LogP contribution in [0.1, 0.15) is 28.0 Å². The molecule has 0 bridgehead atoms. The SMILES string of the molecule is Cc1n[nH]c(=O)c(C(=O)NCCSCCCO)c1C. The number of aliphatic hydroxyl groups is 1. The molecule has 1 heterocycles. The van der Waals surface area contributed by atoms with Crippen LogP contribution in [0.25, 0.3) is 0 Å². The van der Waals surface area contributed by atoms with Crippen molar-refractivity contribution in [2.75, 3.05) is 24.7 Å². The van der Waals surface area contributed by atoms with Crippen molar-refractivity contribution in [1.82, 2.24) is 15.5 Å². The van der Waals surface area contributed by atoms with Crippen molar-refractivity contribution < 1.29 is 9.90 Å². The summed E-state index contributed by atoms with van der Waals surface area (Å²) in [5.41, 5.74) is 0.914. The molecule has 1 amide bonds. The number of hydrogen-bond donors (Lipinski definition) is 3. The molecule has 1 rings (SSSR count). The van der Waals surface area contributed by atoms with Gasteiger partial charge in [0.2, 0.25) is 0 Å². The van der Waals surface area contributed by atoms with Crippen LogP contribution in [0.5, 0.6) is 0 Å². The first-order valence-electron chi connectivity index (χ1n) is 6.10. The monoisotopic (exact) mass is 285 g/mol. The van der Waals surface area contributed by atoms with Gasteiger partial charge in [-0.15, -0.1) is 0 Å². The van der Waals surface area contributed by atoms with Crippen LogP contribution in [-0.4, -0.2) is 45.9 Å². The Morgan fingerprint density at radius 2 is 2.16 bits per heavy atom. The first kappa shape index (κ1) is 15.7. The van der Waals surface area contributed by atoms with Gasteiger partial charge in [0.1, 0.15) is 5.56 Å². The number of carbonyl (C=O) groups is 1. The number of carbonyl (C=O) groups excluding carboxylic acids is 1. The number of rotatable bonds is 7. The molecule has 1 aromatic heterocycles. The van der Waals surface area contributed by atoms with Crippen molar-refractivity contribution in [3.63, 3.8) is 0 Å². The molecule has 0 aliphatic carbocycles. The lowest BCUT2D eigenvalue weighted by molar-refractivity contribution is 0.0953. The molecule has 0 aromatic carbocycles. The fourth-order valence-corrected chi connectivity index (χ4v) is 2.28. The lowest BCUT2D eigenvalue weighted by Crippen LogP contribution is -2.33. The van der Waals surface area contributed by atoms with E-state index >= 15 is 0 Å². The van der Waals surface area contributed by atoms with Crippen molar-refractivity contribution in [2.45, 2.75) is 20.3 Å². The number of amides is 1. The van der Waals surface area contributed by atoms with Gasteiger partial charge in [-0.25, -0.2) is 5.10 Å². The zero-order chi connectivity index (χ0) is 14.3. The van der Waals surface area contributed by atoms with Gasteiger partial charge in [-0.1, -0.05) is 0 Å². The summed E-state index contributed by atoms with van der Waals surface area (Å²) in [5.74, 6) is 1.25. The van der Waals surface area contributed by atoms with Crippen LogP contribution in [0.2, 0.25) is 0 Å². The minimum atomic E-state index is -0.464. The van der Waals surface area contributed by atoms with Crippen LogP contribution in [0, 0.1) is 13.8 Å². The summed E-state index contributed by atoms with van der Waals surface area (Å²) in [5, 5.41) is 17.4. The lowest BCUT2D eigenvalue weighted by atomic mass is 10.1. The van der Waals surface area contributed by atoms with Crippen LogP contribution < -0.4 is 10.9 Å². The highest BCUT2D eigenvalue weighted by atomic mass is 32.2. The molecule has 7 heteroatoms. The Bertz CT molecular complexity index is 488. The molecule has 0 fully saturated rings. The van der Waals surface area contributed by atoms with E-state index in [0.29, 0.717) is 17.8 Å². The van der Waals surface area contributed by atoms with E-state index in [1.165, 1.54) is 0 Å². The Balaban J connectivity index is 2.51. The van der Waals surface area contributed by atoms with Crippen molar-refractivity contribution >= 4 is 17.7 Å². The van der Waals surface area contributed by atoms with Gasteiger partial charge in [0.15, 0.2) is 0 Å². The van der Waals surface area contributed by atoms with E-state index in [2.05, 4.69) is 15.5 Å². The summed E-state index contributed by atoms with van der Waals surface area (Å²) in [7, 11) is 0. The third-order valence-corrected chi connectivity index (χ3v) is 3.75. The predicted molar refractivity (Wildman–Crippen MR) is 75.7 cm³/mol. The Labute approximate surface area is 116 Å². The van der Waals surface area contributed by atoms with Crippen LogP contribution >= 0.6 is 11.8 Å². The Hall–Kier alpha value is -1.34. The molecule has 3 N–H and O–H groups in total. The van der Waals surface area contributed by atoms with Crippen molar-refractivity contribution in [1.29, 1.82) is 0 Å². The number of thioether (sulfide) groups is 1. The topological polar surface area (TPSA) is 95.1 Å². The van der Waals surface area contributed by atoms with Crippen LogP contribution in [0.4, 0.5) is 0 Å². The Kier molecular flexibility index (Phi) is 6.58. The standard InChI is InChI=1S/C12H19N3O3S/c1-8-9(2)14-15-12(18)10(8)11(17)13-4-7-19-6-3-5-16/h16H,3-7H2,1-2H3,(H,13,17)(H,15,18). The number of aryl methyl sites for hydroxylation is 1. The quantitative estimate of drug-likeness (QED) is 0.623. The highest BCUT2D eigenvalue weighted by molar-refractivity contribution is 7.99. The maximum Gasteiger partial charge on any atom is 0.277 e. The second kappa shape index (κ2) is 7.96. The number of aromatic amines is 1. The molecule has 0 radical (unpaired) electrons. The van der Waals surface area contributed by atoms with Crippen molar-refractivity contribution in [2.24, 2.45) is 0 Å². The van der Waals surface area contributed by atoms with E-state index in [0.717, 1.165) is 17.9 Å². The Morgan fingerprint density at radius 3 is 2.84 bits per heavy atom. The van der Waals surface area contributed by atoms with Gasteiger partial charge < -0.3 is 10.4 Å². The first-order valence-corrected chi connectivity index (χ1v) is 7.26. The number of hydrogen-bond acceptors (Lipinski definition) is 5. The molecular formula is C12H19N3O3S. The number of nitrogens with zero attached hydrogens (tertiary/aromatic N) is 1. The van der Waals surface area contributed by atoms with Gasteiger partial charge >= 0.3 is 0 Å². The van der Waals surface area contributed by atoms with Crippen molar-refractivity contribution in [3.8, 4) is 0 Å². The molecular weight excluding hydrogens is 266 g/mol. The van der Waals surface area contributed by atoms with Crippen LogP contribution in [0.3, 0.4) is 0 Å². The average molecular weight is 285 g/mol. The summed E-state index contributed by atoms with van der Waals surface area (Å²) in [6, 6.07) is 0. The lowest BCUT2D eigenvalue weighted by Gasteiger charge is -2.07. The number of nitrogens with one attached hydrogen (secondary N) is 2. The third-order valence-electron chi connectivity index (χ3n) is 2.68. The predicted octanol–water partition coefficient (Wildman–Crippen LogP) is 0.232. The zero-order valence-electron chi connectivity index (χ0n) is 11.2. The highest BCUT2D eigenvalue weighted by Gasteiger charge is 2.15. The molecule has 0 saturated heterocycles. The number of aliphatic hydroxyl groups excluding tert-OH is 1. The van der Waals surface area contributed by atoms with Gasteiger partial charge in [-0.2, -0.15) is 16.9 Å².